The molecule has 1 amide bonds. The van der Waals surface area contributed by atoms with E-state index in [9.17, 15) is 9.59 Å². The topological polar surface area (TPSA) is 57.6 Å². The normalized spacial score (nSPS) is 11.9. The van der Waals surface area contributed by atoms with Crippen LogP contribution in [-0.2, 0) is 9.59 Å². The Kier molecular flexibility index (Phi) is 4.89. The van der Waals surface area contributed by atoms with E-state index in [2.05, 4.69) is 13.8 Å². The molecule has 4 heteroatoms. The fourth-order valence-electron chi connectivity index (χ4n) is 1.65. The molecule has 0 aliphatic rings. The minimum Gasteiger partial charge on any atom is -0.481 e. The average Bonchev–Trinajstić information content (AvgIpc) is 2.36. The summed E-state index contributed by atoms with van der Waals surface area (Å²) in [7, 11) is 1.59. The van der Waals surface area contributed by atoms with Crippen LogP contribution in [0, 0.1) is 0 Å². The molecule has 98 valence electrons. The van der Waals surface area contributed by atoms with Crippen molar-refractivity contribution in [2.45, 2.75) is 32.6 Å². The maximum Gasteiger partial charge on any atom is 0.312 e. The molecule has 0 saturated carbocycles. The molecule has 1 aromatic rings. The van der Waals surface area contributed by atoms with E-state index in [1.807, 2.05) is 24.3 Å². The van der Waals surface area contributed by atoms with E-state index < -0.39 is 18.3 Å². The first-order chi connectivity index (χ1) is 8.45. The van der Waals surface area contributed by atoms with E-state index in [4.69, 9.17) is 5.11 Å². The van der Waals surface area contributed by atoms with Crippen molar-refractivity contribution in [3.05, 3.63) is 29.8 Å². The summed E-state index contributed by atoms with van der Waals surface area (Å²) in [5, 5.41) is 8.58. The summed E-state index contributed by atoms with van der Waals surface area (Å²) in [6.07, 6.45) is 0.580. The maximum absolute atomic E-state index is 11.6. The number of carbonyl (C=O) groups excluding carboxylic acids is 1. The van der Waals surface area contributed by atoms with Crippen molar-refractivity contribution in [2.75, 3.05) is 11.9 Å². The third-order valence-electron chi connectivity index (χ3n) is 3.14. The average molecular weight is 249 g/mol. The van der Waals surface area contributed by atoms with Gasteiger partial charge in [0.15, 0.2) is 0 Å². The Morgan fingerprint density at radius 3 is 2.28 bits per heavy atom. The Bertz CT molecular complexity index is 425. The summed E-state index contributed by atoms with van der Waals surface area (Å²) in [6, 6.07) is 7.66. The van der Waals surface area contributed by atoms with Crippen molar-refractivity contribution >= 4 is 17.6 Å². The largest absolute Gasteiger partial charge is 0.481 e. The second kappa shape index (κ2) is 6.19. The number of hydrogen-bond donors (Lipinski definition) is 1. The van der Waals surface area contributed by atoms with Crippen LogP contribution in [0.25, 0.3) is 0 Å². The molecule has 0 aromatic heterocycles. The summed E-state index contributed by atoms with van der Waals surface area (Å²) in [5.41, 5.74) is 1.94. The van der Waals surface area contributed by atoms with Gasteiger partial charge in [-0.05, 0) is 30.0 Å². The molecule has 1 unspecified atom stereocenters. The van der Waals surface area contributed by atoms with E-state index in [1.54, 1.807) is 7.05 Å². The lowest BCUT2D eigenvalue weighted by atomic mass is 9.98. The Hall–Kier alpha value is -1.84. The number of hydrogen-bond acceptors (Lipinski definition) is 2. The van der Waals surface area contributed by atoms with Crippen molar-refractivity contribution in [3.8, 4) is 0 Å². The number of benzene rings is 1. The molecular formula is C14H19NO3. The predicted molar refractivity (Wildman–Crippen MR) is 70.8 cm³/mol. The van der Waals surface area contributed by atoms with Crippen LogP contribution in [0.5, 0.6) is 0 Å². The molecule has 1 rings (SSSR count). The van der Waals surface area contributed by atoms with Gasteiger partial charge in [0.05, 0.1) is 0 Å². The highest BCUT2D eigenvalue weighted by Gasteiger charge is 2.14. The Balaban J connectivity index is 2.78. The van der Waals surface area contributed by atoms with Gasteiger partial charge in [-0.2, -0.15) is 0 Å². The van der Waals surface area contributed by atoms with Gasteiger partial charge in [0.1, 0.15) is 6.42 Å². The van der Waals surface area contributed by atoms with Gasteiger partial charge >= 0.3 is 5.97 Å². The third kappa shape index (κ3) is 3.58. The van der Waals surface area contributed by atoms with Gasteiger partial charge in [0, 0.05) is 12.7 Å². The van der Waals surface area contributed by atoms with Gasteiger partial charge in [-0.15, -0.1) is 0 Å². The van der Waals surface area contributed by atoms with Crippen LogP contribution < -0.4 is 4.90 Å². The summed E-state index contributed by atoms with van der Waals surface area (Å²) >= 11 is 0. The highest BCUT2D eigenvalue weighted by atomic mass is 16.4. The van der Waals surface area contributed by atoms with E-state index in [1.165, 1.54) is 10.5 Å². The molecule has 0 spiro atoms. The van der Waals surface area contributed by atoms with Crippen LogP contribution in [0.15, 0.2) is 24.3 Å². The van der Waals surface area contributed by atoms with E-state index in [0.29, 0.717) is 11.6 Å². The van der Waals surface area contributed by atoms with Crippen LogP contribution in [-0.4, -0.2) is 24.0 Å². The fourth-order valence-corrected chi connectivity index (χ4v) is 1.65. The standard InChI is InChI=1S/C14H19NO3/c1-4-10(2)11-5-7-12(8-6-11)15(3)13(16)9-14(17)18/h5-8,10H,4,9H2,1-3H3,(H,17,18). The summed E-state index contributed by atoms with van der Waals surface area (Å²) in [5.74, 6) is -1.04. The predicted octanol–water partition coefficient (Wildman–Crippen LogP) is 2.64. The summed E-state index contributed by atoms with van der Waals surface area (Å²) < 4.78 is 0. The third-order valence-corrected chi connectivity index (χ3v) is 3.14. The van der Waals surface area contributed by atoms with Gasteiger partial charge in [0.2, 0.25) is 5.91 Å². The van der Waals surface area contributed by atoms with Crippen LogP contribution in [0.2, 0.25) is 0 Å². The van der Waals surface area contributed by atoms with E-state index in [0.717, 1.165) is 6.42 Å². The number of carbonyl (C=O) groups is 2. The summed E-state index contributed by atoms with van der Waals surface area (Å²) in [4.78, 5) is 23.4. The van der Waals surface area contributed by atoms with Gasteiger partial charge in [-0.25, -0.2) is 0 Å². The molecule has 0 fully saturated rings. The number of aliphatic carboxylic acids is 1. The van der Waals surface area contributed by atoms with Crippen molar-refractivity contribution < 1.29 is 14.7 Å². The smallest absolute Gasteiger partial charge is 0.312 e. The van der Waals surface area contributed by atoms with Gasteiger partial charge in [0.25, 0.3) is 0 Å². The number of nitrogens with zero attached hydrogens (tertiary/aromatic N) is 1. The first-order valence-electron chi connectivity index (χ1n) is 6.04. The highest BCUT2D eigenvalue weighted by molar-refractivity contribution is 6.02. The van der Waals surface area contributed by atoms with E-state index >= 15 is 0 Å². The molecule has 1 atom stereocenters. The molecule has 1 aromatic carbocycles. The zero-order valence-electron chi connectivity index (χ0n) is 11.0. The van der Waals surface area contributed by atoms with Crippen molar-refractivity contribution in [1.82, 2.24) is 0 Å². The van der Waals surface area contributed by atoms with Crippen molar-refractivity contribution in [3.63, 3.8) is 0 Å². The number of rotatable bonds is 5. The molecule has 4 nitrogen and oxygen atoms in total. The molecule has 0 heterocycles. The van der Waals surface area contributed by atoms with Crippen molar-refractivity contribution in [1.29, 1.82) is 0 Å². The molecule has 0 bridgehead atoms. The lowest BCUT2D eigenvalue weighted by Crippen LogP contribution is -2.28. The van der Waals surface area contributed by atoms with E-state index in [-0.39, 0.29) is 0 Å². The Labute approximate surface area is 107 Å². The molecule has 0 aliphatic carbocycles. The van der Waals surface area contributed by atoms with Gasteiger partial charge < -0.3 is 10.0 Å². The SMILES string of the molecule is CCC(C)c1ccc(N(C)C(=O)CC(=O)O)cc1. The Morgan fingerprint density at radius 2 is 1.83 bits per heavy atom. The lowest BCUT2D eigenvalue weighted by Gasteiger charge is -2.17. The number of amides is 1. The van der Waals surface area contributed by atoms with Gasteiger partial charge in [-0.3, -0.25) is 9.59 Å². The van der Waals surface area contributed by atoms with Crippen LogP contribution in [0.3, 0.4) is 0 Å². The van der Waals surface area contributed by atoms with Crippen molar-refractivity contribution in [2.24, 2.45) is 0 Å². The summed E-state index contributed by atoms with van der Waals surface area (Å²) in [6.45, 7) is 4.27. The van der Waals surface area contributed by atoms with Gasteiger partial charge in [-0.1, -0.05) is 26.0 Å². The second-order valence-electron chi connectivity index (χ2n) is 4.42. The minimum absolute atomic E-state index is 0.418. The molecule has 0 saturated heterocycles. The van der Waals surface area contributed by atoms with Crippen LogP contribution in [0.4, 0.5) is 5.69 Å². The lowest BCUT2D eigenvalue weighted by molar-refractivity contribution is -0.140. The number of carboxylic acids is 1. The van der Waals surface area contributed by atoms with Crippen LogP contribution >= 0.6 is 0 Å². The molecule has 1 N–H and O–H groups in total. The molecule has 0 aliphatic heterocycles. The zero-order valence-corrected chi connectivity index (χ0v) is 11.0. The maximum atomic E-state index is 11.6. The Morgan fingerprint density at radius 1 is 1.28 bits per heavy atom. The fraction of sp³-hybridized carbons (Fsp3) is 0.429. The van der Waals surface area contributed by atoms with Crippen LogP contribution in [0.1, 0.15) is 38.2 Å². The quantitative estimate of drug-likeness (QED) is 0.816. The number of carboxylic acid groups (broad SMARTS) is 1. The zero-order chi connectivity index (χ0) is 13.7. The monoisotopic (exact) mass is 249 g/mol. The minimum atomic E-state index is -1.11. The second-order valence-corrected chi connectivity index (χ2v) is 4.42. The molecular weight excluding hydrogens is 230 g/mol. The highest BCUT2D eigenvalue weighted by Crippen LogP contribution is 2.22. The number of anilines is 1. The first kappa shape index (κ1) is 14.2. The molecule has 0 radical (unpaired) electrons. The molecule has 18 heavy (non-hydrogen) atoms. The first-order valence-corrected chi connectivity index (χ1v) is 6.04.